The first-order chi connectivity index (χ1) is 6.39. The van der Waals surface area contributed by atoms with Crippen molar-refractivity contribution in [2.45, 2.75) is 58.5 Å². The largest absolute Gasteiger partial charge is 0.353 e. The van der Waals surface area contributed by atoms with Crippen molar-refractivity contribution in [2.24, 2.45) is 11.1 Å². The zero-order valence-electron chi connectivity index (χ0n) is 9.47. The molecule has 3 heteroatoms. The maximum Gasteiger partial charge on any atom is 0.221 e. The minimum absolute atomic E-state index is 0.0376. The summed E-state index contributed by atoms with van der Waals surface area (Å²) in [5.41, 5.74) is 5.96. The van der Waals surface area contributed by atoms with Gasteiger partial charge in [0.15, 0.2) is 0 Å². The number of carbonyl (C=O) groups excluding carboxylic acids is 1. The minimum Gasteiger partial charge on any atom is -0.353 e. The molecule has 0 aromatic heterocycles. The van der Waals surface area contributed by atoms with Gasteiger partial charge in [-0.3, -0.25) is 4.79 Å². The zero-order chi connectivity index (χ0) is 10.8. The summed E-state index contributed by atoms with van der Waals surface area (Å²) in [6.45, 7) is 6.37. The highest BCUT2D eigenvalue weighted by Gasteiger charge is 2.31. The summed E-state index contributed by atoms with van der Waals surface area (Å²) in [7, 11) is 0. The summed E-state index contributed by atoms with van der Waals surface area (Å²) >= 11 is 0. The molecule has 82 valence electrons. The van der Waals surface area contributed by atoms with Crippen LogP contribution in [-0.4, -0.2) is 18.0 Å². The van der Waals surface area contributed by atoms with Crippen LogP contribution in [0.2, 0.25) is 0 Å². The van der Waals surface area contributed by atoms with E-state index in [0.717, 1.165) is 12.8 Å². The Morgan fingerprint density at radius 3 is 2.71 bits per heavy atom. The van der Waals surface area contributed by atoms with Gasteiger partial charge >= 0.3 is 0 Å². The molecule has 14 heavy (non-hydrogen) atoms. The van der Waals surface area contributed by atoms with Crippen LogP contribution in [0.5, 0.6) is 0 Å². The van der Waals surface area contributed by atoms with Crippen molar-refractivity contribution in [3.8, 4) is 0 Å². The standard InChI is InChI=1S/C11H22N2O/c1-8(12)6-10(14)13-9-4-5-11(2,3)7-9/h8-9H,4-7,12H2,1-3H3,(H,13,14). The van der Waals surface area contributed by atoms with E-state index >= 15 is 0 Å². The Morgan fingerprint density at radius 1 is 1.64 bits per heavy atom. The number of hydrogen-bond donors (Lipinski definition) is 2. The second kappa shape index (κ2) is 4.30. The fourth-order valence-electron chi connectivity index (χ4n) is 2.14. The Bertz CT molecular complexity index is 211. The van der Waals surface area contributed by atoms with Crippen LogP contribution in [0.3, 0.4) is 0 Å². The second-order valence-electron chi connectivity index (χ2n) is 5.35. The first kappa shape index (κ1) is 11.5. The third-order valence-corrected chi connectivity index (χ3v) is 2.84. The van der Waals surface area contributed by atoms with Gasteiger partial charge in [0.1, 0.15) is 0 Å². The number of nitrogens with one attached hydrogen (secondary N) is 1. The van der Waals surface area contributed by atoms with E-state index in [1.54, 1.807) is 0 Å². The Labute approximate surface area is 86.4 Å². The molecule has 0 radical (unpaired) electrons. The molecule has 1 amide bonds. The minimum atomic E-state index is -0.0376. The number of hydrogen-bond acceptors (Lipinski definition) is 2. The van der Waals surface area contributed by atoms with Gasteiger partial charge in [-0.1, -0.05) is 13.8 Å². The van der Waals surface area contributed by atoms with Crippen LogP contribution in [-0.2, 0) is 4.79 Å². The van der Waals surface area contributed by atoms with E-state index in [4.69, 9.17) is 5.73 Å². The highest BCUT2D eigenvalue weighted by atomic mass is 16.1. The predicted octanol–water partition coefficient (Wildman–Crippen LogP) is 1.42. The normalized spacial score (nSPS) is 27.3. The van der Waals surface area contributed by atoms with E-state index in [2.05, 4.69) is 19.2 Å². The number of amides is 1. The van der Waals surface area contributed by atoms with Crippen LogP contribution in [0.4, 0.5) is 0 Å². The van der Waals surface area contributed by atoms with Crippen molar-refractivity contribution in [3.63, 3.8) is 0 Å². The molecular formula is C11H22N2O. The molecule has 1 rings (SSSR count). The molecule has 0 aliphatic heterocycles. The van der Waals surface area contributed by atoms with Gasteiger partial charge in [-0.2, -0.15) is 0 Å². The van der Waals surface area contributed by atoms with Gasteiger partial charge in [-0.25, -0.2) is 0 Å². The SMILES string of the molecule is CC(N)CC(=O)NC1CCC(C)(C)C1. The summed E-state index contributed by atoms with van der Waals surface area (Å²) in [5, 5.41) is 3.05. The molecule has 2 atom stereocenters. The summed E-state index contributed by atoms with van der Waals surface area (Å²) in [6.07, 6.45) is 3.85. The molecule has 3 N–H and O–H groups in total. The van der Waals surface area contributed by atoms with Crippen LogP contribution >= 0.6 is 0 Å². The van der Waals surface area contributed by atoms with Gasteiger partial charge in [0.25, 0.3) is 0 Å². The lowest BCUT2D eigenvalue weighted by Gasteiger charge is -2.18. The first-order valence-electron chi connectivity index (χ1n) is 5.44. The smallest absolute Gasteiger partial charge is 0.221 e. The first-order valence-corrected chi connectivity index (χ1v) is 5.44. The van der Waals surface area contributed by atoms with Crippen molar-refractivity contribution in [2.75, 3.05) is 0 Å². The lowest BCUT2D eigenvalue weighted by atomic mass is 9.92. The molecule has 1 aliphatic rings. The molecule has 0 bridgehead atoms. The Balaban J connectivity index is 2.29. The van der Waals surface area contributed by atoms with Crippen LogP contribution in [0.1, 0.15) is 46.5 Å². The molecule has 0 aromatic carbocycles. The second-order valence-corrected chi connectivity index (χ2v) is 5.35. The lowest BCUT2D eigenvalue weighted by Crippen LogP contribution is -2.36. The molecule has 3 nitrogen and oxygen atoms in total. The number of rotatable bonds is 3. The van der Waals surface area contributed by atoms with Gasteiger partial charge in [0, 0.05) is 18.5 Å². The fourth-order valence-corrected chi connectivity index (χ4v) is 2.14. The van der Waals surface area contributed by atoms with E-state index in [9.17, 15) is 4.79 Å². The molecule has 0 saturated heterocycles. The van der Waals surface area contributed by atoms with E-state index in [0.29, 0.717) is 17.9 Å². The van der Waals surface area contributed by atoms with Gasteiger partial charge in [-0.15, -0.1) is 0 Å². The van der Waals surface area contributed by atoms with Crippen molar-refractivity contribution in [3.05, 3.63) is 0 Å². The maximum atomic E-state index is 11.4. The van der Waals surface area contributed by atoms with E-state index in [-0.39, 0.29) is 11.9 Å². The maximum absolute atomic E-state index is 11.4. The molecule has 1 saturated carbocycles. The third-order valence-electron chi connectivity index (χ3n) is 2.84. The average molecular weight is 198 g/mol. The van der Waals surface area contributed by atoms with Crippen molar-refractivity contribution < 1.29 is 4.79 Å². The highest BCUT2D eigenvalue weighted by Crippen LogP contribution is 2.36. The highest BCUT2D eigenvalue weighted by molar-refractivity contribution is 5.76. The Kier molecular flexibility index (Phi) is 3.53. The van der Waals surface area contributed by atoms with E-state index in [1.807, 2.05) is 6.92 Å². The van der Waals surface area contributed by atoms with Gasteiger partial charge < -0.3 is 11.1 Å². The van der Waals surface area contributed by atoms with Gasteiger partial charge in [0.05, 0.1) is 0 Å². The Hall–Kier alpha value is -0.570. The zero-order valence-corrected chi connectivity index (χ0v) is 9.47. The van der Waals surface area contributed by atoms with Crippen LogP contribution in [0.15, 0.2) is 0 Å². The summed E-state index contributed by atoms with van der Waals surface area (Å²) in [4.78, 5) is 11.4. The van der Waals surface area contributed by atoms with Gasteiger partial charge in [0.2, 0.25) is 5.91 Å². The molecule has 2 unspecified atom stereocenters. The van der Waals surface area contributed by atoms with E-state index in [1.165, 1.54) is 6.42 Å². The predicted molar refractivity (Wildman–Crippen MR) is 57.8 cm³/mol. The average Bonchev–Trinajstić information content (AvgIpc) is 2.27. The molecule has 0 aromatic rings. The Morgan fingerprint density at radius 2 is 2.29 bits per heavy atom. The molecule has 1 aliphatic carbocycles. The van der Waals surface area contributed by atoms with Crippen LogP contribution in [0, 0.1) is 5.41 Å². The molecular weight excluding hydrogens is 176 g/mol. The third kappa shape index (κ3) is 3.66. The van der Waals surface area contributed by atoms with Gasteiger partial charge in [-0.05, 0) is 31.6 Å². The molecule has 0 heterocycles. The molecule has 0 spiro atoms. The fraction of sp³-hybridized carbons (Fsp3) is 0.909. The van der Waals surface area contributed by atoms with Crippen molar-refractivity contribution in [1.82, 2.24) is 5.32 Å². The summed E-state index contributed by atoms with van der Waals surface area (Å²) in [5.74, 6) is 0.0997. The van der Waals surface area contributed by atoms with Crippen LogP contribution < -0.4 is 11.1 Å². The molecule has 1 fully saturated rings. The number of nitrogens with two attached hydrogens (primary N) is 1. The van der Waals surface area contributed by atoms with Crippen LogP contribution in [0.25, 0.3) is 0 Å². The topological polar surface area (TPSA) is 55.1 Å². The quantitative estimate of drug-likeness (QED) is 0.720. The number of carbonyl (C=O) groups is 1. The summed E-state index contributed by atoms with van der Waals surface area (Å²) in [6, 6.07) is 0.334. The van der Waals surface area contributed by atoms with E-state index < -0.39 is 0 Å². The van der Waals surface area contributed by atoms with Crippen molar-refractivity contribution in [1.29, 1.82) is 0 Å². The monoisotopic (exact) mass is 198 g/mol. The van der Waals surface area contributed by atoms with Crippen molar-refractivity contribution >= 4 is 5.91 Å². The lowest BCUT2D eigenvalue weighted by molar-refractivity contribution is -0.122. The summed E-state index contributed by atoms with van der Waals surface area (Å²) < 4.78 is 0.